The third kappa shape index (κ3) is 2.98. The van der Waals surface area contributed by atoms with Crippen molar-refractivity contribution in [3.63, 3.8) is 0 Å². The second-order valence-corrected chi connectivity index (χ2v) is 5.23. The van der Waals surface area contributed by atoms with Gasteiger partial charge in [0.25, 0.3) is 0 Å². The fraction of sp³-hybridized carbons (Fsp3) is 0.231. The topological polar surface area (TPSA) is 13.1 Å². The van der Waals surface area contributed by atoms with Crippen molar-refractivity contribution in [2.24, 2.45) is 0 Å². The number of aryl methyl sites for hydroxylation is 1. The zero-order chi connectivity index (χ0) is 12.4. The van der Waals surface area contributed by atoms with E-state index in [1.807, 2.05) is 25.1 Å². The third-order valence-corrected chi connectivity index (χ3v) is 3.68. The predicted molar refractivity (Wildman–Crippen MR) is 72.2 cm³/mol. The van der Waals surface area contributed by atoms with Crippen molar-refractivity contribution < 1.29 is 4.42 Å². The maximum absolute atomic E-state index is 6.31. The molecule has 1 heterocycles. The van der Waals surface area contributed by atoms with E-state index in [2.05, 4.69) is 0 Å². The summed E-state index contributed by atoms with van der Waals surface area (Å²) >= 11 is 18.1. The first-order valence-electron chi connectivity index (χ1n) is 5.20. The first-order chi connectivity index (χ1) is 8.08. The van der Waals surface area contributed by atoms with Crippen LogP contribution in [0.2, 0.25) is 10.0 Å². The molecule has 2 aromatic rings. The van der Waals surface area contributed by atoms with E-state index < -0.39 is 0 Å². The molecule has 0 radical (unpaired) electrons. The van der Waals surface area contributed by atoms with E-state index in [9.17, 15) is 0 Å². The summed E-state index contributed by atoms with van der Waals surface area (Å²) in [6.07, 6.45) is 2.31. The first-order valence-corrected chi connectivity index (χ1v) is 6.39. The summed E-state index contributed by atoms with van der Waals surface area (Å²) in [5.74, 6) is 0.803. The second kappa shape index (κ2) is 5.34. The SMILES string of the molecule is Cc1ccoc1C(Cl)Cc1ccc(Cl)c(Cl)c1. The molecule has 0 aliphatic rings. The van der Waals surface area contributed by atoms with Crippen molar-refractivity contribution in [2.45, 2.75) is 18.7 Å². The summed E-state index contributed by atoms with van der Waals surface area (Å²) < 4.78 is 5.36. The Morgan fingerprint density at radius 1 is 1.18 bits per heavy atom. The number of benzene rings is 1. The lowest BCUT2D eigenvalue weighted by atomic mass is 10.1. The molecule has 0 amide bonds. The quantitative estimate of drug-likeness (QED) is 0.688. The molecule has 1 atom stereocenters. The van der Waals surface area contributed by atoms with Gasteiger partial charge in [-0.25, -0.2) is 0 Å². The van der Waals surface area contributed by atoms with E-state index >= 15 is 0 Å². The fourth-order valence-corrected chi connectivity index (χ4v) is 2.39. The van der Waals surface area contributed by atoms with Gasteiger partial charge in [0.05, 0.1) is 21.7 Å². The summed E-state index contributed by atoms with van der Waals surface area (Å²) in [5, 5.41) is 0.905. The van der Waals surface area contributed by atoms with Crippen LogP contribution in [0.25, 0.3) is 0 Å². The van der Waals surface area contributed by atoms with E-state index in [4.69, 9.17) is 39.2 Å². The lowest BCUT2D eigenvalue weighted by Gasteiger charge is -2.08. The highest BCUT2D eigenvalue weighted by Gasteiger charge is 2.15. The highest BCUT2D eigenvalue weighted by Crippen LogP contribution is 2.30. The Hall–Kier alpha value is -0.630. The lowest BCUT2D eigenvalue weighted by Crippen LogP contribution is -1.96. The van der Waals surface area contributed by atoms with Crippen LogP contribution < -0.4 is 0 Å². The number of rotatable bonds is 3. The highest BCUT2D eigenvalue weighted by molar-refractivity contribution is 6.42. The molecular weight excluding hydrogens is 279 g/mol. The zero-order valence-electron chi connectivity index (χ0n) is 9.21. The Labute approximate surface area is 115 Å². The normalized spacial score (nSPS) is 12.7. The van der Waals surface area contributed by atoms with Gasteiger partial charge in [-0.3, -0.25) is 0 Å². The molecule has 0 fully saturated rings. The van der Waals surface area contributed by atoms with Crippen molar-refractivity contribution in [1.29, 1.82) is 0 Å². The zero-order valence-corrected chi connectivity index (χ0v) is 11.5. The van der Waals surface area contributed by atoms with Gasteiger partial charge in [0.2, 0.25) is 0 Å². The van der Waals surface area contributed by atoms with Gasteiger partial charge in [-0.05, 0) is 42.7 Å². The average molecular weight is 290 g/mol. The summed E-state index contributed by atoms with van der Waals surface area (Å²) in [7, 11) is 0. The Morgan fingerprint density at radius 2 is 1.94 bits per heavy atom. The van der Waals surface area contributed by atoms with Gasteiger partial charge in [0.1, 0.15) is 5.76 Å². The van der Waals surface area contributed by atoms with Gasteiger partial charge in [0, 0.05) is 0 Å². The molecule has 0 bridgehead atoms. The summed E-state index contributed by atoms with van der Waals surface area (Å²) in [6, 6.07) is 7.43. The van der Waals surface area contributed by atoms with E-state index in [-0.39, 0.29) is 5.38 Å². The van der Waals surface area contributed by atoms with Gasteiger partial charge in [0.15, 0.2) is 0 Å². The van der Waals surface area contributed by atoms with E-state index in [0.717, 1.165) is 16.9 Å². The fourth-order valence-electron chi connectivity index (χ4n) is 1.67. The molecule has 4 heteroatoms. The third-order valence-electron chi connectivity index (χ3n) is 2.59. The van der Waals surface area contributed by atoms with Crippen LogP contribution in [0, 0.1) is 6.92 Å². The molecule has 1 unspecified atom stereocenters. The Bertz CT molecular complexity index is 519. The minimum Gasteiger partial charge on any atom is -0.467 e. The van der Waals surface area contributed by atoms with Crippen LogP contribution >= 0.6 is 34.8 Å². The molecule has 1 aromatic carbocycles. The number of hydrogen-bond acceptors (Lipinski definition) is 1. The predicted octanol–water partition coefficient (Wildman–Crippen LogP) is 5.42. The number of halogens is 3. The molecular formula is C13H11Cl3O. The number of furan rings is 1. The van der Waals surface area contributed by atoms with Crippen LogP contribution in [-0.2, 0) is 6.42 Å². The Kier molecular flexibility index (Phi) is 4.03. The van der Waals surface area contributed by atoms with Crippen LogP contribution in [0.1, 0.15) is 22.3 Å². The summed E-state index contributed by atoms with van der Waals surface area (Å²) in [6.45, 7) is 1.98. The molecule has 2 rings (SSSR count). The van der Waals surface area contributed by atoms with Crippen LogP contribution in [-0.4, -0.2) is 0 Å². The molecule has 0 N–H and O–H groups in total. The van der Waals surface area contributed by atoms with Gasteiger partial charge in [-0.2, -0.15) is 0 Å². The molecule has 0 spiro atoms. The first kappa shape index (κ1) is 12.8. The standard InChI is InChI=1S/C13H11Cl3O/c1-8-4-5-17-13(8)12(16)7-9-2-3-10(14)11(15)6-9/h2-6,12H,7H2,1H3. The van der Waals surface area contributed by atoms with Crippen molar-refractivity contribution in [2.75, 3.05) is 0 Å². The molecule has 0 saturated heterocycles. The van der Waals surface area contributed by atoms with Gasteiger partial charge in [-0.1, -0.05) is 29.3 Å². The monoisotopic (exact) mass is 288 g/mol. The van der Waals surface area contributed by atoms with Crippen molar-refractivity contribution >= 4 is 34.8 Å². The Morgan fingerprint density at radius 3 is 2.53 bits per heavy atom. The average Bonchev–Trinajstić information content (AvgIpc) is 2.70. The molecule has 17 heavy (non-hydrogen) atoms. The summed E-state index contributed by atoms with van der Waals surface area (Å²) in [5.41, 5.74) is 2.10. The van der Waals surface area contributed by atoms with E-state index in [1.54, 1.807) is 12.3 Å². The minimum atomic E-state index is -0.192. The second-order valence-electron chi connectivity index (χ2n) is 3.89. The lowest BCUT2D eigenvalue weighted by molar-refractivity contribution is 0.499. The molecule has 0 saturated carbocycles. The van der Waals surface area contributed by atoms with E-state index in [1.165, 1.54) is 0 Å². The van der Waals surface area contributed by atoms with Crippen LogP contribution in [0.4, 0.5) is 0 Å². The minimum absolute atomic E-state index is 0.192. The maximum Gasteiger partial charge on any atom is 0.124 e. The van der Waals surface area contributed by atoms with Crippen LogP contribution in [0.5, 0.6) is 0 Å². The molecule has 90 valence electrons. The smallest absolute Gasteiger partial charge is 0.124 e. The van der Waals surface area contributed by atoms with Gasteiger partial charge in [-0.15, -0.1) is 11.6 Å². The molecule has 0 aliphatic heterocycles. The summed E-state index contributed by atoms with van der Waals surface area (Å²) in [4.78, 5) is 0. The molecule has 0 aliphatic carbocycles. The molecule has 1 aromatic heterocycles. The number of hydrogen-bond donors (Lipinski definition) is 0. The maximum atomic E-state index is 6.31. The van der Waals surface area contributed by atoms with E-state index in [0.29, 0.717) is 16.5 Å². The van der Waals surface area contributed by atoms with Gasteiger partial charge < -0.3 is 4.42 Å². The van der Waals surface area contributed by atoms with Crippen molar-refractivity contribution in [3.05, 3.63) is 57.5 Å². The van der Waals surface area contributed by atoms with Crippen molar-refractivity contribution in [1.82, 2.24) is 0 Å². The van der Waals surface area contributed by atoms with Gasteiger partial charge >= 0.3 is 0 Å². The largest absolute Gasteiger partial charge is 0.467 e. The Balaban J connectivity index is 2.16. The van der Waals surface area contributed by atoms with Crippen LogP contribution in [0.3, 0.4) is 0 Å². The van der Waals surface area contributed by atoms with Crippen LogP contribution in [0.15, 0.2) is 34.9 Å². The highest BCUT2D eigenvalue weighted by atomic mass is 35.5. The number of alkyl halides is 1. The molecule has 1 nitrogen and oxygen atoms in total. The van der Waals surface area contributed by atoms with Crippen molar-refractivity contribution in [3.8, 4) is 0 Å².